The van der Waals surface area contributed by atoms with Crippen LogP contribution in [0.4, 0.5) is 5.69 Å². The fourth-order valence-electron chi connectivity index (χ4n) is 4.84. The van der Waals surface area contributed by atoms with Crippen molar-refractivity contribution < 1.29 is 9.59 Å². The van der Waals surface area contributed by atoms with Gasteiger partial charge in [0.1, 0.15) is 0 Å². The first-order valence-electron chi connectivity index (χ1n) is 7.59. The van der Waals surface area contributed by atoms with Gasteiger partial charge in [-0.2, -0.15) is 0 Å². The van der Waals surface area contributed by atoms with Gasteiger partial charge in [-0.15, -0.1) is 0 Å². The van der Waals surface area contributed by atoms with Crippen LogP contribution in [-0.4, -0.2) is 11.8 Å². The van der Waals surface area contributed by atoms with Crippen molar-refractivity contribution in [3.8, 4) is 0 Å². The molecule has 112 valence electrons. The average Bonchev–Trinajstić information content (AvgIpc) is 3.28. The molecular formula is C17H13BrClNO2. The summed E-state index contributed by atoms with van der Waals surface area (Å²) in [4.78, 5) is 27.2. The normalized spacial score (nSPS) is 40.9. The number of hydrogen-bond donors (Lipinski definition) is 0. The zero-order valence-electron chi connectivity index (χ0n) is 11.6. The van der Waals surface area contributed by atoms with Crippen LogP contribution in [0.25, 0.3) is 0 Å². The summed E-state index contributed by atoms with van der Waals surface area (Å²) < 4.78 is 0.761. The molecule has 1 saturated heterocycles. The van der Waals surface area contributed by atoms with E-state index >= 15 is 0 Å². The fraction of sp³-hybridized carbons (Fsp3) is 0.412. The lowest BCUT2D eigenvalue weighted by molar-refractivity contribution is -0.124. The highest BCUT2D eigenvalue weighted by Crippen LogP contribution is 2.65. The molecule has 1 aliphatic heterocycles. The second-order valence-electron chi connectivity index (χ2n) is 6.76. The molecule has 6 atom stereocenters. The maximum absolute atomic E-state index is 12.9. The smallest absolute Gasteiger partial charge is 0.238 e. The summed E-state index contributed by atoms with van der Waals surface area (Å²) in [6.45, 7) is 0. The van der Waals surface area contributed by atoms with Crippen molar-refractivity contribution in [3.05, 3.63) is 39.8 Å². The number of carbonyl (C=O) groups is 2. The quantitative estimate of drug-likeness (QED) is 0.552. The summed E-state index contributed by atoms with van der Waals surface area (Å²) in [6, 6.07) is 5.25. The minimum atomic E-state index is -0.159. The summed E-state index contributed by atoms with van der Waals surface area (Å²) in [5.74, 6) is 1.36. The molecule has 0 spiro atoms. The van der Waals surface area contributed by atoms with E-state index in [4.69, 9.17) is 11.6 Å². The Hall–Kier alpha value is -1.13. The molecule has 4 aliphatic carbocycles. The summed E-state index contributed by atoms with van der Waals surface area (Å²) in [7, 11) is 0. The highest BCUT2D eigenvalue weighted by Gasteiger charge is 2.67. The van der Waals surface area contributed by atoms with Crippen molar-refractivity contribution in [2.75, 3.05) is 4.90 Å². The van der Waals surface area contributed by atoms with Gasteiger partial charge in [0.05, 0.1) is 22.5 Å². The van der Waals surface area contributed by atoms with E-state index in [1.165, 1.54) is 11.3 Å². The molecule has 2 bridgehead atoms. The third kappa shape index (κ3) is 1.52. The van der Waals surface area contributed by atoms with E-state index in [1.54, 1.807) is 18.2 Å². The molecule has 0 N–H and O–H groups in total. The SMILES string of the molecule is O=C1C2C3C=CC(C4CC34)C2C(=O)N1c1ccc(Br)c(Cl)c1. The van der Waals surface area contributed by atoms with Crippen LogP contribution in [0.3, 0.4) is 0 Å². The van der Waals surface area contributed by atoms with E-state index < -0.39 is 0 Å². The Morgan fingerprint density at radius 1 is 1.05 bits per heavy atom. The topological polar surface area (TPSA) is 37.4 Å². The molecule has 5 aliphatic rings. The Morgan fingerprint density at radius 2 is 1.64 bits per heavy atom. The zero-order valence-corrected chi connectivity index (χ0v) is 13.9. The molecule has 0 radical (unpaired) electrons. The van der Waals surface area contributed by atoms with E-state index in [0.29, 0.717) is 22.5 Å². The number of halogens is 2. The van der Waals surface area contributed by atoms with Gasteiger partial charge in [0.15, 0.2) is 0 Å². The van der Waals surface area contributed by atoms with Gasteiger partial charge >= 0.3 is 0 Å². The number of imide groups is 1. The highest BCUT2D eigenvalue weighted by atomic mass is 79.9. The van der Waals surface area contributed by atoms with Gasteiger partial charge in [0.25, 0.3) is 0 Å². The number of anilines is 1. The van der Waals surface area contributed by atoms with Crippen molar-refractivity contribution in [2.45, 2.75) is 6.42 Å². The number of benzene rings is 1. The van der Waals surface area contributed by atoms with E-state index in [-0.39, 0.29) is 35.5 Å². The predicted octanol–water partition coefficient (Wildman–Crippen LogP) is 3.66. The first kappa shape index (κ1) is 13.3. The minimum absolute atomic E-state index is 0.0434. The van der Waals surface area contributed by atoms with Crippen LogP contribution in [-0.2, 0) is 9.59 Å². The molecule has 2 amide bonds. The van der Waals surface area contributed by atoms with Crippen molar-refractivity contribution in [1.29, 1.82) is 0 Å². The molecule has 1 heterocycles. The molecular weight excluding hydrogens is 366 g/mol. The van der Waals surface area contributed by atoms with Crippen LogP contribution in [0.1, 0.15) is 6.42 Å². The number of rotatable bonds is 1. The van der Waals surface area contributed by atoms with E-state index in [9.17, 15) is 9.59 Å². The molecule has 2 saturated carbocycles. The molecule has 22 heavy (non-hydrogen) atoms. The van der Waals surface area contributed by atoms with Gasteiger partial charge in [0, 0.05) is 4.47 Å². The number of amides is 2. The van der Waals surface area contributed by atoms with Crippen molar-refractivity contribution in [3.63, 3.8) is 0 Å². The lowest BCUT2D eigenvalue weighted by Gasteiger charge is -2.37. The Morgan fingerprint density at radius 3 is 2.18 bits per heavy atom. The number of nitrogens with zero attached hydrogens (tertiary/aromatic N) is 1. The van der Waals surface area contributed by atoms with Crippen molar-refractivity contribution in [1.82, 2.24) is 0 Å². The second kappa shape index (κ2) is 4.24. The first-order chi connectivity index (χ1) is 10.6. The molecule has 6 rings (SSSR count). The van der Waals surface area contributed by atoms with Crippen molar-refractivity contribution in [2.24, 2.45) is 35.5 Å². The average molecular weight is 379 g/mol. The summed E-state index contributed by atoms with van der Waals surface area (Å²) in [6.07, 6.45) is 5.55. The molecule has 3 nitrogen and oxygen atoms in total. The molecule has 1 aromatic rings. The Balaban J connectivity index is 1.58. The first-order valence-corrected chi connectivity index (χ1v) is 8.76. The Kier molecular flexibility index (Phi) is 2.56. The van der Waals surface area contributed by atoms with E-state index in [2.05, 4.69) is 28.1 Å². The van der Waals surface area contributed by atoms with Crippen LogP contribution in [0.5, 0.6) is 0 Å². The number of carbonyl (C=O) groups excluding carboxylic acids is 2. The third-order valence-corrected chi connectivity index (χ3v) is 7.06. The second-order valence-corrected chi connectivity index (χ2v) is 8.03. The van der Waals surface area contributed by atoms with Gasteiger partial charge in [-0.25, -0.2) is 4.90 Å². The number of hydrogen-bond acceptors (Lipinski definition) is 2. The molecule has 6 unspecified atom stereocenters. The van der Waals surface area contributed by atoms with E-state index in [0.717, 1.165) is 4.47 Å². The van der Waals surface area contributed by atoms with Crippen molar-refractivity contribution >= 4 is 45.0 Å². The molecule has 0 aromatic heterocycles. The monoisotopic (exact) mass is 377 g/mol. The maximum Gasteiger partial charge on any atom is 0.238 e. The van der Waals surface area contributed by atoms with Gasteiger partial charge in [-0.1, -0.05) is 23.8 Å². The third-order valence-electron chi connectivity index (χ3n) is 5.82. The lowest BCUT2D eigenvalue weighted by Crippen LogP contribution is -2.40. The van der Waals surface area contributed by atoms with E-state index in [1.807, 2.05) is 0 Å². The van der Waals surface area contributed by atoms with Crippen LogP contribution >= 0.6 is 27.5 Å². The fourth-order valence-corrected chi connectivity index (χ4v) is 5.26. The largest absolute Gasteiger partial charge is 0.274 e. The van der Waals surface area contributed by atoms with Gasteiger partial charge < -0.3 is 0 Å². The number of allylic oxidation sites excluding steroid dienone is 2. The maximum atomic E-state index is 12.9. The van der Waals surface area contributed by atoms with Crippen LogP contribution < -0.4 is 4.90 Å². The van der Waals surface area contributed by atoms with Gasteiger partial charge in [0.2, 0.25) is 11.8 Å². The minimum Gasteiger partial charge on any atom is -0.274 e. The summed E-state index contributed by atoms with van der Waals surface area (Å²) in [5, 5.41) is 0.511. The van der Waals surface area contributed by atoms with Crippen LogP contribution in [0.2, 0.25) is 5.02 Å². The van der Waals surface area contributed by atoms with Crippen LogP contribution in [0.15, 0.2) is 34.8 Å². The van der Waals surface area contributed by atoms with Gasteiger partial charge in [-0.3, -0.25) is 9.59 Å². The summed E-state index contributed by atoms with van der Waals surface area (Å²) in [5.41, 5.74) is 0.589. The highest BCUT2D eigenvalue weighted by molar-refractivity contribution is 9.10. The molecule has 1 aromatic carbocycles. The van der Waals surface area contributed by atoms with Gasteiger partial charge in [-0.05, 0) is 64.2 Å². The predicted molar refractivity (Wildman–Crippen MR) is 86.3 cm³/mol. The standard InChI is InChI=1S/C17H13BrClNO2/c18-12-4-1-7(5-13(12)19)20-16(21)14-8-2-3-9(11-6-10(8)11)15(14)17(20)22/h1-5,8-11,14-15H,6H2. The lowest BCUT2D eigenvalue weighted by atomic mass is 9.63. The Labute approximate surface area is 141 Å². The molecule has 3 fully saturated rings. The van der Waals surface area contributed by atoms with Crippen LogP contribution in [0, 0.1) is 35.5 Å². The Bertz CT molecular complexity index is 725. The molecule has 5 heteroatoms. The zero-order chi connectivity index (χ0) is 15.2. The summed E-state index contributed by atoms with van der Waals surface area (Å²) >= 11 is 9.47.